The third kappa shape index (κ3) is 31.5. The molecule has 0 spiro atoms. The number of hydrogen-bond acceptors (Lipinski definition) is 2. The summed E-state index contributed by atoms with van der Waals surface area (Å²) >= 11 is 0. The molecule has 2 heteroatoms. The van der Waals surface area contributed by atoms with Gasteiger partial charge in [-0.25, -0.2) is 0 Å². The largest absolute Gasteiger partial charge is 0.465 e. The van der Waals surface area contributed by atoms with E-state index in [-0.39, 0.29) is 11.9 Å². The maximum Gasteiger partial charge on any atom is 0.308 e. The number of carbonyl (C=O) groups is 1. The Labute approximate surface area is 279 Å². The minimum absolute atomic E-state index is 0.0767. The maximum atomic E-state index is 12.8. The molecule has 0 rings (SSSR count). The van der Waals surface area contributed by atoms with E-state index in [1.807, 2.05) is 0 Å². The van der Waals surface area contributed by atoms with Crippen LogP contribution >= 0.6 is 0 Å². The Kier molecular flexibility index (Phi) is 36.5. The Hall–Kier alpha value is -0.530. The van der Waals surface area contributed by atoms with Crippen molar-refractivity contribution in [1.29, 1.82) is 0 Å². The van der Waals surface area contributed by atoms with E-state index < -0.39 is 0 Å². The van der Waals surface area contributed by atoms with Crippen LogP contribution in [-0.2, 0) is 9.53 Å². The van der Waals surface area contributed by atoms with Crippen LogP contribution in [0.5, 0.6) is 0 Å². The van der Waals surface area contributed by atoms with Crippen LogP contribution in [0.1, 0.15) is 246 Å². The van der Waals surface area contributed by atoms with Gasteiger partial charge in [0.1, 0.15) is 0 Å². The van der Waals surface area contributed by atoms with Gasteiger partial charge in [0.15, 0.2) is 0 Å². The van der Waals surface area contributed by atoms with Gasteiger partial charge in [0.05, 0.1) is 12.5 Å². The normalized spacial score (nSPS) is 12.3. The summed E-state index contributed by atoms with van der Waals surface area (Å²) in [5, 5.41) is 0. The molecule has 0 saturated heterocycles. The molecular weight excluding hydrogens is 536 g/mol. The Morgan fingerprint density at radius 3 is 0.977 bits per heavy atom. The van der Waals surface area contributed by atoms with Crippen molar-refractivity contribution < 1.29 is 9.53 Å². The lowest BCUT2D eigenvalue weighted by Gasteiger charge is -2.20. The summed E-state index contributed by atoms with van der Waals surface area (Å²) in [7, 11) is 0. The highest BCUT2D eigenvalue weighted by Gasteiger charge is 2.19. The number of hydrogen-bond donors (Lipinski definition) is 0. The summed E-state index contributed by atoms with van der Waals surface area (Å²) in [6.45, 7) is 9.62. The highest BCUT2D eigenvalue weighted by atomic mass is 16.5. The maximum absolute atomic E-state index is 12.8. The summed E-state index contributed by atoms with van der Waals surface area (Å²) in [5.41, 5.74) is 0. The lowest BCUT2D eigenvalue weighted by molar-refractivity contribution is -0.150. The van der Waals surface area contributed by atoms with Gasteiger partial charge in [-0.3, -0.25) is 4.79 Å². The van der Waals surface area contributed by atoms with Gasteiger partial charge in [0, 0.05) is 0 Å². The summed E-state index contributed by atoms with van der Waals surface area (Å²) < 4.78 is 5.95. The molecule has 0 N–H and O–H groups in total. The second-order valence-electron chi connectivity index (χ2n) is 14.5. The van der Waals surface area contributed by atoms with Crippen LogP contribution in [0.2, 0.25) is 0 Å². The third-order valence-corrected chi connectivity index (χ3v) is 10.1. The second kappa shape index (κ2) is 36.9. The monoisotopic (exact) mass is 621 g/mol. The van der Waals surface area contributed by atoms with Crippen molar-refractivity contribution in [3.05, 3.63) is 0 Å². The van der Waals surface area contributed by atoms with Gasteiger partial charge in [-0.1, -0.05) is 220 Å². The second-order valence-corrected chi connectivity index (χ2v) is 14.5. The molecule has 0 aliphatic rings. The van der Waals surface area contributed by atoms with E-state index in [1.54, 1.807) is 0 Å². The van der Waals surface area contributed by atoms with Crippen LogP contribution < -0.4 is 0 Å². The quantitative estimate of drug-likeness (QED) is 0.0510. The number of carbonyl (C=O) groups excluding carboxylic acids is 1. The fourth-order valence-corrected chi connectivity index (χ4v) is 6.82. The predicted octanol–water partition coefficient (Wildman–Crippen LogP) is 15.1. The molecule has 0 aromatic heterocycles. The van der Waals surface area contributed by atoms with Crippen LogP contribution in [0.25, 0.3) is 0 Å². The van der Waals surface area contributed by atoms with E-state index in [1.165, 1.54) is 193 Å². The zero-order valence-electron chi connectivity index (χ0n) is 31.2. The molecule has 1 atom stereocenters. The highest BCUT2D eigenvalue weighted by molar-refractivity contribution is 5.72. The highest BCUT2D eigenvalue weighted by Crippen LogP contribution is 2.22. The number of unbranched alkanes of at least 4 members (excludes halogenated alkanes) is 27. The van der Waals surface area contributed by atoms with Gasteiger partial charge >= 0.3 is 5.97 Å². The number of rotatable bonds is 37. The predicted molar refractivity (Wildman–Crippen MR) is 198 cm³/mol. The zero-order valence-corrected chi connectivity index (χ0v) is 31.2. The van der Waals surface area contributed by atoms with E-state index in [0.717, 1.165) is 25.7 Å². The van der Waals surface area contributed by atoms with Crippen molar-refractivity contribution in [3.63, 3.8) is 0 Å². The van der Waals surface area contributed by atoms with Gasteiger partial charge < -0.3 is 4.74 Å². The Morgan fingerprint density at radius 1 is 0.386 bits per heavy atom. The Morgan fingerprint density at radius 2 is 0.682 bits per heavy atom. The average Bonchev–Trinajstić information content (AvgIpc) is 3.03. The van der Waals surface area contributed by atoms with Crippen LogP contribution in [0.4, 0.5) is 0 Å². The van der Waals surface area contributed by atoms with E-state index in [0.29, 0.717) is 12.5 Å². The number of esters is 1. The lowest BCUT2D eigenvalue weighted by Crippen LogP contribution is -2.21. The standard InChI is InChI=1S/C42H84O2/c1-5-9-12-14-16-18-20-22-24-26-28-30-32-34-36-40(39-44-42(43)41(8-4)38-11-7-3)37-35-33-31-29-27-25-23-21-19-17-15-13-10-6-2/h40-41H,5-39H2,1-4H3. The minimum Gasteiger partial charge on any atom is -0.465 e. The molecule has 0 aliphatic carbocycles. The van der Waals surface area contributed by atoms with E-state index in [4.69, 9.17) is 4.74 Å². The molecule has 0 aliphatic heterocycles. The minimum atomic E-state index is 0.0767. The van der Waals surface area contributed by atoms with Gasteiger partial charge in [-0.05, 0) is 31.6 Å². The molecule has 0 bridgehead atoms. The first-order chi connectivity index (χ1) is 21.7. The molecule has 0 amide bonds. The van der Waals surface area contributed by atoms with E-state index in [2.05, 4.69) is 27.7 Å². The van der Waals surface area contributed by atoms with E-state index in [9.17, 15) is 4.79 Å². The van der Waals surface area contributed by atoms with Crippen molar-refractivity contribution in [2.45, 2.75) is 246 Å². The Balaban J connectivity index is 4.06. The van der Waals surface area contributed by atoms with Crippen LogP contribution in [0.15, 0.2) is 0 Å². The molecule has 0 heterocycles. The topological polar surface area (TPSA) is 26.3 Å². The van der Waals surface area contributed by atoms with Crippen molar-refractivity contribution >= 4 is 5.97 Å². The Bertz CT molecular complexity index is 512. The fourth-order valence-electron chi connectivity index (χ4n) is 6.82. The molecule has 1 unspecified atom stereocenters. The first-order valence-electron chi connectivity index (χ1n) is 20.9. The third-order valence-electron chi connectivity index (χ3n) is 10.1. The summed E-state index contributed by atoms with van der Waals surface area (Å²) in [6.07, 6.45) is 46.2. The van der Waals surface area contributed by atoms with E-state index >= 15 is 0 Å². The molecule has 2 nitrogen and oxygen atoms in total. The molecule has 0 fully saturated rings. The van der Waals surface area contributed by atoms with Gasteiger partial charge in [-0.2, -0.15) is 0 Å². The smallest absolute Gasteiger partial charge is 0.308 e. The number of ether oxygens (including phenoxy) is 1. The summed E-state index contributed by atoms with van der Waals surface area (Å²) in [6, 6.07) is 0. The molecule has 0 saturated carbocycles. The summed E-state index contributed by atoms with van der Waals surface area (Å²) in [5.74, 6) is 0.753. The first-order valence-corrected chi connectivity index (χ1v) is 20.9. The zero-order chi connectivity index (χ0) is 32.2. The summed E-state index contributed by atoms with van der Waals surface area (Å²) in [4.78, 5) is 12.8. The van der Waals surface area contributed by atoms with Crippen LogP contribution in [-0.4, -0.2) is 12.6 Å². The van der Waals surface area contributed by atoms with Gasteiger partial charge in [0.25, 0.3) is 0 Å². The fraction of sp³-hybridized carbons (Fsp3) is 0.976. The molecular formula is C42H84O2. The average molecular weight is 621 g/mol. The van der Waals surface area contributed by atoms with Crippen molar-refractivity contribution in [2.75, 3.05) is 6.61 Å². The van der Waals surface area contributed by atoms with Crippen LogP contribution in [0, 0.1) is 11.8 Å². The van der Waals surface area contributed by atoms with Crippen molar-refractivity contribution in [3.8, 4) is 0 Å². The molecule has 264 valence electrons. The van der Waals surface area contributed by atoms with Gasteiger partial charge in [-0.15, -0.1) is 0 Å². The SMILES string of the molecule is CCCCCCCCCCCCCCCCC(CCCCCCCCCCCCCCCC)COC(=O)C(CC)CCCC. The molecule has 0 aromatic carbocycles. The molecule has 0 radical (unpaired) electrons. The van der Waals surface area contributed by atoms with Crippen molar-refractivity contribution in [2.24, 2.45) is 11.8 Å². The molecule has 44 heavy (non-hydrogen) atoms. The lowest BCUT2D eigenvalue weighted by atomic mass is 9.94. The van der Waals surface area contributed by atoms with Crippen molar-refractivity contribution in [1.82, 2.24) is 0 Å². The first kappa shape index (κ1) is 43.5. The van der Waals surface area contributed by atoms with Gasteiger partial charge in [0.2, 0.25) is 0 Å². The molecule has 0 aromatic rings. The van der Waals surface area contributed by atoms with Crippen LogP contribution in [0.3, 0.4) is 0 Å².